The molecule has 0 bridgehead atoms. The van der Waals surface area contributed by atoms with Gasteiger partial charge in [0.15, 0.2) is 11.6 Å². The third kappa shape index (κ3) is 3.15. The molecule has 0 atom stereocenters. The fourth-order valence-corrected chi connectivity index (χ4v) is 1.48. The van der Waals surface area contributed by atoms with Crippen LogP contribution in [0.3, 0.4) is 0 Å². The van der Waals surface area contributed by atoms with Crippen LogP contribution in [0.5, 0.6) is 11.6 Å². The van der Waals surface area contributed by atoms with Crippen LogP contribution in [0.15, 0.2) is 24.3 Å². The lowest BCUT2D eigenvalue weighted by molar-refractivity contribution is 0.421. The summed E-state index contributed by atoms with van der Waals surface area (Å²) in [6, 6.07) is 4.65. The lowest BCUT2D eigenvalue weighted by atomic mass is 10.3. The second-order valence-electron chi connectivity index (χ2n) is 3.79. The molecule has 1 N–H and O–H groups in total. The quantitative estimate of drug-likeness (QED) is 0.922. The molecular formula is C13H13F2N3O. The van der Waals surface area contributed by atoms with Gasteiger partial charge in [-0.25, -0.2) is 13.8 Å². The monoisotopic (exact) mass is 265 g/mol. The van der Waals surface area contributed by atoms with E-state index in [0.717, 1.165) is 12.1 Å². The Morgan fingerprint density at radius 3 is 2.63 bits per heavy atom. The van der Waals surface area contributed by atoms with E-state index >= 15 is 0 Å². The summed E-state index contributed by atoms with van der Waals surface area (Å²) >= 11 is 0. The van der Waals surface area contributed by atoms with E-state index < -0.39 is 11.6 Å². The van der Waals surface area contributed by atoms with Crippen LogP contribution in [-0.4, -0.2) is 17.0 Å². The zero-order valence-electron chi connectivity index (χ0n) is 10.6. The molecule has 0 amide bonds. The van der Waals surface area contributed by atoms with Crippen molar-refractivity contribution in [3.05, 3.63) is 41.7 Å². The highest BCUT2D eigenvalue weighted by Crippen LogP contribution is 2.25. The molecule has 0 saturated carbocycles. The second-order valence-corrected chi connectivity index (χ2v) is 3.79. The maximum Gasteiger partial charge on any atom is 0.224 e. The Hall–Kier alpha value is -2.24. The Balaban J connectivity index is 2.31. The van der Waals surface area contributed by atoms with Gasteiger partial charge in [-0.2, -0.15) is 4.98 Å². The van der Waals surface area contributed by atoms with Crippen molar-refractivity contribution in [2.45, 2.75) is 13.3 Å². The molecule has 0 aliphatic carbocycles. The largest absolute Gasteiger partial charge is 0.436 e. The smallest absolute Gasteiger partial charge is 0.224 e. The Bertz CT molecular complexity index is 568. The van der Waals surface area contributed by atoms with Crippen molar-refractivity contribution in [1.29, 1.82) is 0 Å². The third-order valence-electron chi connectivity index (χ3n) is 2.43. The minimum atomic E-state index is -0.775. The van der Waals surface area contributed by atoms with E-state index in [1.54, 1.807) is 13.1 Å². The van der Waals surface area contributed by atoms with Crippen LogP contribution in [0.25, 0.3) is 0 Å². The first kappa shape index (κ1) is 13.2. The van der Waals surface area contributed by atoms with Crippen LogP contribution >= 0.6 is 0 Å². The molecule has 19 heavy (non-hydrogen) atoms. The normalized spacial score (nSPS) is 10.3. The van der Waals surface area contributed by atoms with Crippen molar-refractivity contribution in [3.63, 3.8) is 0 Å². The molecule has 4 nitrogen and oxygen atoms in total. The average molecular weight is 265 g/mol. The van der Waals surface area contributed by atoms with Crippen LogP contribution in [-0.2, 0) is 6.42 Å². The predicted octanol–water partition coefficient (Wildman–Crippen LogP) is 3.15. The number of aryl methyl sites for hydroxylation is 1. The summed E-state index contributed by atoms with van der Waals surface area (Å²) in [5.74, 6) is -0.153. The molecule has 0 spiro atoms. The molecule has 1 aromatic heterocycles. The minimum absolute atomic E-state index is 0.0794. The Labute approximate surface area is 109 Å². The fraction of sp³-hybridized carbons (Fsp3) is 0.231. The van der Waals surface area contributed by atoms with Crippen molar-refractivity contribution in [3.8, 4) is 11.6 Å². The number of rotatable bonds is 4. The number of hydrogen-bond donors (Lipinski definition) is 1. The maximum atomic E-state index is 13.5. The summed E-state index contributed by atoms with van der Waals surface area (Å²) in [5, 5.41) is 2.87. The number of hydrogen-bond acceptors (Lipinski definition) is 4. The molecular weight excluding hydrogens is 252 g/mol. The summed E-state index contributed by atoms with van der Waals surface area (Å²) in [6.07, 6.45) is 0.623. The maximum absolute atomic E-state index is 13.5. The number of nitrogens with zero attached hydrogens (tertiary/aromatic N) is 2. The summed E-state index contributed by atoms with van der Waals surface area (Å²) in [6.45, 7) is 1.90. The number of anilines is 1. The lowest BCUT2D eigenvalue weighted by Crippen LogP contribution is -2.01. The van der Waals surface area contributed by atoms with E-state index in [4.69, 9.17) is 4.74 Å². The molecule has 2 rings (SSSR count). The van der Waals surface area contributed by atoms with Crippen LogP contribution in [0.1, 0.15) is 12.7 Å². The standard InChI is InChI=1S/C13H13F2N3O/c1-3-11-17-12(16-2)7-13(18-11)19-10-5-4-8(14)6-9(10)15/h4-7H,3H2,1-2H3,(H,16,17,18). The zero-order chi connectivity index (χ0) is 13.8. The van der Waals surface area contributed by atoms with Gasteiger partial charge in [-0.1, -0.05) is 6.92 Å². The van der Waals surface area contributed by atoms with Crippen LogP contribution in [0.2, 0.25) is 0 Å². The van der Waals surface area contributed by atoms with Crippen LogP contribution in [0, 0.1) is 11.6 Å². The second kappa shape index (κ2) is 5.60. The first-order valence-electron chi connectivity index (χ1n) is 5.81. The third-order valence-corrected chi connectivity index (χ3v) is 2.43. The van der Waals surface area contributed by atoms with E-state index in [1.807, 2.05) is 6.92 Å². The highest BCUT2D eigenvalue weighted by atomic mass is 19.1. The highest BCUT2D eigenvalue weighted by Gasteiger charge is 2.09. The van der Waals surface area contributed by atoms with E-state index in [1.165, 1.54) is 6.07 Å². The van der Waals surface area contributed by atoms with Gasteiger partial charge in [0.1, 0.15) is 17.5 Å². The van der Waals surface area contributed by atoms with E-state index in [-0.39, 0.29) is 11.6 Å². The van der Waals surface area contributed by atoms with Gasteiger partial charge in [-0.3, -0.25) is 0 Å². The first-order chi connectivity index (χ1) is 9.12. The van der Waals surface area contributed by atoms with Gasteiger partial charge in [-0.15, -0.1) is 0 Å². The summed E-state index contributed by atoms with van der Waals surface area (Å²) in [4.78, 5) is 8.32. The van der Waals surface area contributed by atoms with Gasteiger partial charge in [0.2, 0.25) is 5.88 Å². The van der Waals surface area contributed by atoms with Gasteiger partial charge in [0.25, 0.3) is 0 Å². The van der Waals surface area contributed by atoms with Crippen molar-refractivity contribution in [2.24, 2.45) is 0 Å². The first-order valence-corrected chi connectivity index (χ1v) is 5.81. The molecule has 0 aliphatic rings. The van der Waals surface area contributed by atoms with E-state index in [2.05, 4.69) is 15.3 Å². The molecule has 100 valence electrons. The molecule has 0 saturated heterocycles. The van der Waals surface area contributed by atoms with Crippen LogP contribution in [0.4, 0.5) is 14.6 Å². The van der Waals surface area contributed by atoms with Crippen molar-refractivity contribution < 1.29 is 13.5 Å². The number of nitrogens with one attached hydrogen (secondary N) is 1. The molecule has 0 aliphatic heterocycles. The molecule has 2 aromatic rings. The van der Waals surface area contributed by atoms with Gasteiger partial charge in [-0.05, 0) is 12.1 Å². The Morgan fingerprint density at radius 2 is 2.00 bits per heavy atom. The number of ether oxygens (including phenoxy) is 1. The van der Waals surface area contributed by atoms with E-state index in [9.17, 15) is 8.78 Å². The molecule has 1 heterocycles. The molecule has 1 aromatic carbocycles. The number of benzene rings is 1. The van der Waals surface area contributed by atoms with Gasteiger partial charge >= 0.3 is 0 Å². The molecule has 0 fully saturated rings. The van der Waals surface area contributed by atoms with Crippen molar-refractivity contribution >= 4 is 5.82 Å². The Kier molecular flexibility index (Phi) is 3.89. The average Bonchev–Trinajstić information content (AvgIpc) is 2.41. The lowest BCUT2D eigenvalue weighted by Gasteiger charge is -2.08. The van der Waals surface area contributed by atoms with Crippen molar-refractivity contribution in [1.82, 2.24) is 9.97 Å². The number of aromatic nitrogens is 2. The summed E-state index contributed by atoms with van der Waals surface area (Å²) in [5.41, 5.74) is 0. The predicted molar refractivity (Wildman–Crippen MR) is 67.4 cm³/mol. The number of halogens is 2. The molecule has 0 radical (unpaired) electrons. The molecule has 6 heteroatoms. The topological polar surface area (TPSA) is 47.0 Å². The highest BCUT2D eigenvalue weighted by molar-refractivity contribution is 5.39. The van der Waals surface area contributed by atoms with Crippen LogP contribution < -0.4 is 10.1 Å². The summed E-state index contributed by atoms with van der Waals surface area (Å²) < 4.78 is 31.6. The fourth-order valence-electron chi connectivity index (χ4n) is 1.48. The van der Waals surface area contributed by atoms with E-state index in [0.29, 0.717) is 18.1 Å². The SMILES string of the molecule is CCc1nc(NC)cc(Oc2ccc(F)cc2F)n1. The van der Waals surface area contributed by atoms with Gasteiger partial charge in [0, 0.05) is 25.6 Å². The minimum Gasteiger partial charge on any atom is -0.436 e. The van der Waals surface area contributed by atoms with Gasteiger partial charge < -0.3 is 10.1 Å². The Morgan fingerprint density at radius 1 is 1.21 bits per heavy atom. The molecule has 0 unspecified atom stereocenters. The zero-order valence-corrected chi connectivity index (χ0v) is 10.6. The van der Waals surface area contributed by atoms with Crippen molar-refractivity contribution in [2.75, 3.05) is 12.4 Å². The summed E-state index contributed by atoms with van der Waals surface area (Å²) in [7, 11) is 1.71. The van der Waals surface area contributed by atoms with Gasteiger partial charge in [0.05, 0.1) is 0 Å².